The molecule has 154 valence electrons. The van der Waals surface area contributed by atoms with Crippen molar-refractivity contribution in [1.29, 1.82) is 0 Å². The number of rotatable bonds is 4. The molecule has 0 amide bonds. The molecule has 2 nitrogen and oxygen atoms in total. The molecule has 0 saturated carbocycles. The SMILES string of the molecule is Cc1ccc(-c2cc(-c3ccccc3)nc(-c3cccc(-c4cccc(Cl)c4)c3)n2)cc1. The van der Waals surface area contributed by atoms with Gasteiger partial charge in [0.2, 0.25) is 0 Å². The van der Waals surface area contributed by atoms with Gasteiger partial charge in [-0.05, 0) is 42.3 Å². The molecule has 0 radical (unpaired) electrons. The van der Waals surface area contributed by atoms with Crippen LogP contribution in [0.2, 0.25) is 5.02 Å². The molecule has 0 saturated heterocycles. The highest BCUT2D eigenvalue weighted by molar-refractivity contribution is 6.30. The Bertz CT molecular complexity index is 1380. The molecular formula is C29H21ClN2. The maximum absolute atomic E-state index is 6.22. The summed E-state index contributed by atoms with van der Waals surface area (Å²) in [6.07, 6.45) is 0. The highest BCUT2D eigenvalue weighted by atomic mass is 35.5. The predicted molar refractivity (Wildman–Crippen MR) is 134 cm³/mol. The number of hydrogen-bond donors (Lipinski definition) is 0. The minimum atomic E-state index is 0.700. The van der Waals surface area contributed by atoms with Crippen LogP contribution in [0.1, 0.15) is 5.56 Å². The van der Waals surface area contributed by atoms with E-state index in [4.69, 9.17) is 21.6 Å². The molecule has 0 spiro atoms. The number of benzene rings is 4. The lowest BCUT2D eigenvalue weighted by Gasteiger charge is -2.11. The third kappa shape index (κ3) is 4.32. The van der Waals surface area contributed by atoms with Crippen molar-refractivity contribution in [2.45, 2.75) is 6.92 Å². The molecule has 0 N–H and O–H groups in total. The molecule has 0 aliphatic carbocycles. The second kappa shape index (κ2) is 8.78. The van der Waals surface area contributed by atoms with Crippen LogP contribution in [0.15, 0.2) is 109 Å². The fraction of sp³-hybridized carbons (Fsp3) is 0.0345. The molecule has 5 rings (SSSR count). The number of nitrogens with zero attached hydrogens (tertiary/aromatic N) is 2. The van der Waals surface area contributed by atoms with Crippen LogP contribution in [-0.4, -0.2) is 9.97 Å². The minimum Gasteiger partial charge on any atom is -0.228 e. The Hall–Kier alpha value is -3.75. The van der Waals surface area contributed by atoms with Gasteiger partial charge in [0.1, 0.15) is 0 Å². The fourth-order valence-electron chi connectivity index (χ4n) is 3.71. The molecule has 32 heavy (non-hydrogen) atoms. The van der Waals surface area contributed by atoms with Crippen molar-refractivity contribution in [3.05, 3.63) is 120 Å². The second-order valence-electron chi connectivity index (χ2n) is 7.79. The average molecular weight is 433 g/mol. The van der Waals surface area contributed by atoms with Gasteiger partial charge in [0.15, 0.2) is 5.82 Å². The summed E-state index contributed by atoms with van der Waals surface area (Å²) < 4.78 is 0. The van der Waals surface area contributed by atoms with Crippen molar-refractivity contribution in [3.63, 3.8) is 0 Å². The van der Waals surface area contributed by atoms with E-state index < -0.39 is 0 Å². The Morgan fingerprint density at radius 2 is 1.06 bits per heavy atom. The number of aromatic nitrogens is 2. The molecule has 5 aromatic rings. The van der Waals surface area contributed by atoms with Crippen LogP contribution in [0.5, 0.6) is 0 Å². The highest BCUT2D eigenvalue weighted by Gasteiger charge is 2.11. The van der Waals surface area contributed by atoms with Crippen LogP contribution in [0.3, 0.4) is 0 Å². The molecular weight excluding hydrogens is 412 g/mol. The molecule has 4 aromatic carbocycles. The van der Waals surface area contributed by atoms with Crippen molar-refractivity contribution in [3.8, 4) is 45.0 Å². The average Bonchev–Trinajstić information content (AvgIpc) is 2.85. The fourth-order valence-corrected chi connectivity index (χ4v) is 3.90. The summed E-state index contributed by atoms with van der Waals surface area (Å²) in [4.78, 5) is 9.88. The van der Waals surface area contributed by atoms with Crippen LogP contribution >= 0.6 is 11.6 Å². The van der Waals surface area contributed by atoms with Crippen LogP contribution in [0.4, 0.5) is 0 Å². The Morgan fingerprint density at radius 3 is 1.75 bits per heavy atom. The van der Waals surface area contributed by atoms with Crippen LogP contribution in [0.25, 0.3) is 45.0 Å². The number of aryl methyl sites for hydroxylation is 1. The van der Waals surface area contributed by atoms with Gasteiger partial charge in [-0.2, -0.15) is 0 Å². The predicted octanol–water partition coefficient (Wildman–Crippen LogP) is 8.11. The van der Waals surface area contributed by atoms with Crippen molar-refractivity contribution in [1.82, 2.24) is 9.97 Å². The van der Waals surface area contributed by atoms with Gasteiger partial charge in [-0.25, -0.2) is 9.97 Å². The molecule has 3 heteroatoms. The monoisotopic (exact) mass is 432 g/mol. The summed E-state index contributed by atoms with van der Waals surface area (Å²) in [7, 11) is 0. The van der Waals surface area contributed by atoms with Crippen LogP contribution in [-0.2, 0) is 0 Å². The summed E-state index contributed by atoms with van der Waals surface area (Å²) in [6.45, 7) is 2.09. The standard InChI is InChI=1S/C29H21ClN2/c1-20-13-15-22(16-14-20)28-19-27(21-7-3-2-4-8-21)31-29(32-28)25-11-5-9-23(17-25)24-10-6-12-26(30)18-24/h2-19H,1H3. The first-order valence-electron chi connectivity index (χ1n) is 10.5. The van der Waals surface area contributed by atoms with E-state index >= 15 is 0 Å². The van der Waals surface area contributed by atoms with E-state index in [0.29, 0.717) is 5.82 Å². The first kappa shape index (κ1) is 20.2. The van der Waals surface area contributed by atoms with E-state index in [9.17, 15) is 0 Å². The van der Waals surface area contributed by atoms with Gasteiger partial charge in [0.25, 0.3) is 0 Å². The van der Waals surface area contributed by atoms with E-state index in [1.807, 2.05) is 42.5 Å². The van der Waals surface area contributed by atoms with Crippen LogP contribution < -0.4 is 0 Å². The lowest BCUT2D eigenvalue weighted by molar-refractivity contribution is 1.18. The number of halogens is 1. The maximum atomic E-state index is 6.22. The van der Waals surface area contributed by atoms with E-state index in [-0.39, 0.29) is 0 Å². The minimum absolute atomic E-state index is 0.700. The zero-order valence-corrected chi connectivity index (χ0v) is 18.4. The van der Waals surface area contributed by atoms with Crippen molar-refractivity contribution in [2.24, 2.45) is 0 Å². The van der Waals surface area contributed by atoms with E-state index in [1.54, 1.807) is 0 Å². The van der Waals surface area contributed by atoms with Gasteiger partial charge in [0, 0.05) is 21.7 Å². The summed E-state index contributed by atoms with van der Waals surface area (Å²) in [5.74, 6) is 0.700. The third-order valence-electron chi connectivity index (χ3n) is 5.42. The molecule has 1 heterocycles. The summed E-state index contributed by atoms with van der Waals surface area (Å²) in [6, 6.07) is 36.9. The molecule has 1 aromatic heterocycles. The zero-order chi connectivity index (χ0) is 21.9. The lowest BCUT2D eigenvalue weighted by Crippen LogP contribution is -1.96. The first-order valence-corrected chi connectivity index (χ1v) is 10.9. The lowest BCUT2D eigenvalue weighted by atomic mass is 10.0. The smallest absolute Gasteiger partial charge is 0.160 e. The largest absolute Gasteiger partial charge is 0.228 e. The van der Waals surface area contributed by atoms with Gasteiger partial charge >= 0.3 is 0 Å². The quantitative estimate of drug-likeness (QED) is 0.286. The summed E-state index contributed by atoms with van der Waals surface area (Å²) in [5.41, 5.74) is 8.28. The molecule has 0 aliphatic rings. The van der Waals surface area contributed by atoms with Crippen molar-refractivity contribution < 1.29 is 0 Å². The maximum Gasteiger partial charge on any atom is 0.160 e. The molecule has 0 atom stereocenters. The van der Waals surface area contributed by atoms with Gasteiger partial charge in [-0.1, -0.05) is 102 Å². The van der Waals surface area contributed by atoms with Crippen LogP contribution in [0, 0.1) is 6.92 Å². The molecule has 0 aliphatic heterocycles. The van der Waals surface area contributed by atoms with E-state index in [1.165, 1.54) is 5.56 Å². The van der Waals surface area contributed by atoms with E-state index in [2.05, 4.69) is 73.7 Å². The Kier molecular flexibility index (Phi) is 5.53. The van der Waals surface area contributed by atoms with Gasteiger partial charge < -0.3 is 0 Å². The normalized spacial score (nSPS) is 10.8. The van der Waals surface area contributed by atoms with Gasteiger partial charge in [-0.3, -0.25) is 0 Å². The van der Waals surface area contributed by atoms with Gasteiger partial charge in [-0.15, -0.1) is 0 Å². The van der Waals surface area contributed by atoms with E-state index in [0.717, 1.165) is 44.2 Å². The Balaban J connectivity index is 1.66. The molecule has 0 fully saturated rings. The van der Waals surface area contributed by atoms with Gasteiger partial charge in [0.05, 0.1) is 11.4 Å². The zero-order valence-electron chi connectivity index (χ0n) is 17.7. The van der Waals surface area contributed by atoms with Crippen molar-refractivity contribution in [2.75, 3.05) is 0 Å². The summed E-state index contributed by atoms with van der Waals surface area (Å²) in [5, 5.41) is 0.719. The Morgan fingerprint density at radius 1 is 0.500 bits per heavy atom. The topological polar surface area (TPSA) is 25.8 Å². The third-order valence-corrected chi connectivity index (χ3v) is 5.66. The summed E-state index contributed by atoms with van der Waals surface area (Å²) >= 11 is 6.22. The van der Waals surface area contributed by atoms with Crippen molar-refractivity contribution >= 4 is 11.6 Å². The molecule has 0 bridgehead atoms. The highest BCUT2D eigenvalue weighted by Crippen LogP contribution is 2.30. The molecule has 0 unspecified atom stereocenters. The second-order valence-corrected chi connectivity index (χ2v) is 8.22. The first-order chi connectivity index (χ1) is 15.7. The number of hydrogen-bond acceptors (Lipinski definition) is 2. The Labute approximate surface area is 193 Å².